The molecule has 6 heteroatoms. The molecule has 0 saturated carbocycles. The molecule has 0 aromatic carbocycles. The highest BCUT2D eigenvalue weighted by Crippen LogP contribution is 2.36. The summed E-state index contributed by atoms with van der Waals surface area (Å²) in [5.41, 5.74) is 0.681. The van der Waals surface area contributed by atoms with E-state index in [1.54, 1.807) is 18.6 Å². The SMILES string of the molecule is CC1(C)OB(c2cnc(-c3ccncc3)o2)OC1(C)C. The van der Waals surface area contributed by atoms with Crippen LogP contribution in [0.3, 0.4) is 0 Å². The molecule has 0 aliphatic carbocycles. The summed E-state index contributed by atoms with van der Waals surface area (Å²) in [7, 11) is -0.525. The Kier molecular flexibility index (Phi) is 2.95. The highest BCUT2D eigenvalue weighted by Gasteiger charge is 2.53. The third-order valence-electron chi connectivity index (χ3n) is 3.94. The summed E-state index contributed by atoms with van der Waals surface area (Å²) < 4.78 is 17.6. The summed E-state index contributed by atoms with van der Waals surface area (Å²) in [6.45, 7) is 8.03. The number of hydrogen-bond acceptors (Lipinski definition) is 5. The van der Waals surface area contributed by atoms with Crippen LogP contribution in [0.4, 0.5) is 0 Å². The number of aromatic nitrogens is 2. The van der Waals surface area contributed by atoms with E-state index in [4.69, 9.17) is 13.7 Å². The lowest BCUT2D eigenvalue weighted by molar-refractivity contribution is 0.00578. The molecule has 0 unspecified atom stereocenters. The molecule has 0 spiro atoms. The van der Waals surface area contributed by atoms with E-state index >= 15 is 0 Å². The smallest absolute Gasteiger partial charge is 0.445 e. The van der Waals surface area contributed by atoms with Crippen molar-refractivity contribution in [2.75, 3.05) is 0 Å². The fourth-order valence-corrected chi connectivity index (χ4v) is 1.98. The summed E-state index contributed by atoms with van der Waals surface area (Å²) in [6, 6.07) is 3.69. The molecule has 20 heavy (non-hydrogen) atoms. The predicted molar refractivity (Wildman–Crippen MR) is 75.5 cm³/mol. The predicted octanol–water partition coefficient (Wildman–Crippen LogP) is 2.04. The third kappa shape index (κ3) is 2.15. The molecule has 0 radical (unpaired) electrons. The zero-order chi connectivity index (χ0) is 14.4. The minimum atomic E-state index is -0.525. The average molecular weight is 272 g/mol. The van der Waals surface area contributed by atoms with Gasteiger partial charge in [-0.15, -0.1) is 0 Å². The zero-order valence-electron chi connectivity index (χ0n) is 12.1. The van der Waals surface area contributed by atoms with Gasteiger partial charge in [-0.05, 0) is 39.8 Å². The van der Waals surface area contributed by atoms with Crippen LogP contribution in [0.5, 0.6) is 0 Å². The summed E-state index contributed by atoms with van der Waals surface area (Å²) in [5, 5.41) is 0. The van der Waals surface area contributed by atoms with E-state index < -0.39 is 7.12 Å². The fourth-order valence-electron chi connectivity index (χ4n) is 1.98. The van der Waals surface area contributed by atoms with Crippen LogP contribution in [0.15, 0.2) is 35.1 Å². The maximum atomic E-state index is 5.93. The molecule has 0 atom stereocenters. The van der Waals surface area contributed by atoms with E-state index in [1.165, 1.54) is 0 Å². The molecule has 0 amide bonds. The first kappa shape index (κ1) is 13.3. The Labute approximate surface area is 118 Å². The maximum Gasteiger partial charge on any atom is 0.534 e. The molecule has 3 rings (SSSR count). The molecular formula is C14H17BN2O3. The molecule has 0 bridgehead atoms. The van der Waals surface area contributed by atoms with Crippen LogP contribution in [0.25, 0.3) is 11.5 Å². The van der Waals surface area contributed by atoms with Gasteiger partial charge in [0.25, 0.3) is 0 Å². The minimum absolute atomic E-state index is 0.388. The highest BCUT2D eigenvalue weighted by atomic mass is 16.7. The summed E-state index contributed by atoms with van der Waals surface area (Å²) in [6.07, 6.45) is 5.06. The van der Waals surface area contributed by atoms with E-state index in [9.17, 15) is 0 Å². The number of rotatable bonds is 2. The van der Waals surface area contributed by atoms with Crippen molar-refractivity contribution >= 4 is 12.8 Å². The summed E-state index contributed by atoms with van der Waals surface area (Å²) in [5.74, 6) is 0.539. The van der Waals surface area contributed by atoms with Crippen molar-refractivity contribution in [1.82, 2.24) is 9.97 Å². The number of oxazole rings is 1. The molecule has 1 saturated heterocycles. The van der Waals surface area contributed by atoms with Crippen molar-refractivity contribution in [3.63, 3.8) is 0 Å². The first-order valence-electron chi connectivity index (χ1n) is 6.61. The normalized spacial score (nSPS) is 20.3. The minimum Gasteiger partial charge on any atom is -0.445 e. The van der Waals surface area contributed by atoms with Gasteiger partial charge in [-0.2, -0.15) is 0 Å². The molecular weight excluding hydrogens is 255 g/mol. The molecule has 0 N–H and O–H groups in total. The van der Waals surface area contributed by atoms with Crippen molar-refractivity contribution in [2.24, 2.45) is 0 Å². The van der Waals surface area contributed by atoms with E-state index in [0.29, 0.717) is 11.6 Å². The van der Waals surface area contributed by atoms with Crippen LogP contribution in [0, 0.1) is 0 Å². The van der Waals surface area contributed by atoms with Gasteiger partial charge < -0.3 is 13.7 Å². The second kappa shape index (κ2) is 4.43. The van der Waals surface area contributed by atoms with E-state index in [1.807, 2.05) is 39.8 Å². The van der Waals surface area contributed by atoms with Gasteiger partial charge >= 0.3 is 7.12 Å². The van der Waals surface area contributed by atoms with Crippen LogP contribution in [0.2, 0.25) is 0 Å². The largest absolute Gasteiger partial charge is 0.534 e. The number of nitrogens with zero attached hydrogens (tertiary/aromatic N) is 2. The van der Waals surface area contributed by atoms with Crippen molar-refractivity contribution in [3.05, 3.63) is 30.7 Å². The van der Waals surface area contributed by atoms with Crippen molar-refractivity contribution in [2.45, 2.75) is 38.9 Å². The summed E-state index contributed by atoms with van der Waals surface area (Å²) >= 11 is 0. The van der Waals surface area contributed by atoms with Crippen LogP contribution in [-0.4, -0.2) is 28.3 Å². The Hall–Kier alpha value is -1.66. The fraction of sp³-hybridized carbons (Fsp3) is 0.429. The molecule has 1 aliphatic heterocycles. The Balaban J connectivity index is 1.86. The van der Waals surface area contributed by atoms with Gasteiger partial charge in [-0.1, -0.05) is 0 Å². The van der Waals surface area contributed by atoms with Crippen molar-refractivity contribution in [1.29, 1.82) is 0 Å². The van der Waals surface area contributed by atoms with Gasteiger partial charge in [0.2, 0.25) is 5.89 Å². The molecule has 2 aromatic rings. The second-order valence-electron chi connectivity index (χ2n) is 5.89. The van der Waals surface area contributed by atoms with Gasteiger partial charge in [0.1, 0.15) is 0 Å². The number of pyridine rings is 1. The van der Waals surface area contributed by atoms with Gasteiger partial charge in [0.05, 0.1) is 17.4 Å². The second-order valence-corrected chi connectivity index (χ2v) is 5.89. The Morgan fingerprint density at radius 2 is 1.60 bits per heavy atom. The lowest BCUT2D eigenvalue weighted by Crippen LogP contribution is -2.41. The topological polar surface area (TPSA) is 57.4 Å². The van der Waals surface area contributed by atoms with Crippen LogP contribution >= 0.6 is 0 Å². The lowest BCUT2D eigenvalue weighted by atomic mass is 9.87. The highest BCUT2D eigenvalue weighted by molar-refractivity contribution is 6.60. The Morgan fingerprint density at radius 1 is 1.00 bits per heavy atom. The third-order valence-corrected chi connectivity index (χ3v) is 3.94. The lowest BCUT2D eigenvalue weighted by Gasteiger charge is -2.32. The molecule has 104 valence electrons. The van der Waals surface area contributed by atoms with Crippen LogP contribution in [0.1, 0.15) is 27.7 Å². The molecule has 3 heterocycles. The van der Waals surface area contributed by atoms with E-state index in [2.05, 4.69) is 9.97 Å². The van der Waals surface area contributed by atoms with Gasteiger partial charge in [0, 0.05) is 18.0 Å². The van der Waals surface area contributed by atoms with Crippen LogP contribution < -0.4 is 5.66 Å². The standard InChI is InChI=1S/C14H17BN2O3/c1-13(2)14(3,4)20-15(19-13)11-9-17-12(18-11)10-5-7-16-8-6-10/h5-9H,1-4H3. The monoisotopic (exact) mass is 272 g/mol. The first-order chi connectivity index (χ1) is 9.39. The van der Waals surface area contributed by atoms with Crippen molar-refractivity contribution in [3.8, 4) is 11.5 Å². The zero-order valence-corrected chi connectivity index (χ0v) is 12.1. The first-order valence-corrected chi connectivity index (χ1v) is 6.61. The average Bonchev–Trinajstić information content (AvgIpc) is 2.94. The van der Waals surface area contributed by atoms with Gasteiger partial charge in [-0.3, -0.25) is 4.98 Å². The van der Waals surface area contributed by atoms with E-state index in [-0.39, 0.29) is 11.2 Å². The Morgan fingerprint density at radius 3 is 2.20 bits per heavy atom. The molecule has 1 fully saturated rings. The maximum absolute atomic E-state index is 5.93. The van der Waals surface area contributed by atoms with Gasteiger partial charge in [-0.25, -0.2) is 4.98 Å². The van der Waals surface area contributed by atoms with E-state index in [0.717, 1.165) is 5.56 Å². The quantitative estimate of drug-likeness (QED) is 0.783. The molecule has 2 aromatic heterocycles. The van der Waals surface area contributed by atoms with Crippen LogP contribution in [-0.2, 0) is 9.31 Å². The number of hydrogen-bond donors (Lipinski definition) is 0. The molecule has 1 aliphatic rings. The van der Waals surface area contributed by atoms with Gasteiger partial charge in [0.15, 0.2) is 5.66 Å². The van der Waals surface area contributed by atoms with Crippen molar-refractivity contribution < 1.29 is 13.7 Å². The molecule has 5 nitrogen and oxygen atoms in total. The Bertz CT molecular complexity index is 594. The summed E-state index contributed by atoms with van der Waals surface area (Å²) in [4.78, 5) is 8.25.